The highest BCUT2D eigenvalue weighted by Gasteiger charge is 2.13. The van der Waals surface area contributed by atoms with Gasteiger partial charge in [-0.2, -0.15) is 0 Å². The predicted octanol–water partition coefficient (Wildman–Crippen LogP) is 3.14. The van der Waals surface area contributed by atoms with Gasteiger partial charge in [-0.05, 0) is 41.8 Å². The summed E-state index contributed by atoms with van der Waals surface area (Å²) >= 11 is 0. The van der Waals surface area contributed by atoms with Crippen LogP contribution in [0.5, 0.6) is 11.5 Å². The molecule has 27 heavy (non-hydrogen) atoms. The number of carbonyl (C=O) groups is 2. The van der Waals surface area contributed by atoms with Gasteiger partial charge in [0, 0.05) is 26.4 Å². The zero-order valence-electron chi connectivity index (χ0n) is 15.3. The van der Waals surface area contributed by atoms with Gasteiger partial charge in [0.2, 0.25) is 5.91 Å². The average molecular weight is 369 g/mol. The van der Waals surface area contributed by atoms with Gasteiger partial charge in [0.15, 0.2) is 11.5 Å². The molecule has 1 amide bonds. The van der Waals surface area contributed by atoms with Crippen molar-refractivity contribution in [3.8, 4) is 11.5 Å². The zero-order chi connectivity index (χ0) is 19.2. The fourth-order valence-electron chi connectivity index (χ4n) is 2.92. The van der Waals surface area contributed by atoms with Crippen LogP contribution in [0.15, 0.2) is 42.5 Å². The van der Waals surface area contributed by atoms with E-state index in [1.165, 1.54) is 0 Å². The summed E-state index contributed by atoms with van der Waals surface area (Å²) < 4.78 is 11.3. The van der Waals surface area contributed by atoms with Crippen LogP contribution in [-0.4, -0.2) is 42.1 Å². The van der Waals surface area contributed by atoms with Crippen LogP contribution in [0.4, 0.5) is 0 Å². The molecule has 0 atom stereocenters. The Morgan fingerprint density at radius 1 is 1.00 bits per heavy atom. The van der Waals surface area contributed by atoms with E-state index in [0.29, 0.717) is 32.6 Å². The molecule has 6 nitrogen and oxygen atoms in total. The number of carboxylic acid groups (broad SMARTS) is 1. The molecule has 1 N–H and O–H groups in total. The first-order valence-corrected chi connectivity index (χ1v) is 8.97. The number of ether oxygens (including phenoxy) is 2. The first-order chi connectivity index (χ1) is 13.0. The highest BCUT2D eigenvalue weighted by molar-refractivity contribution is 5.87. The van der Waals surface area contributed by atoms with Crippen LogP contribution in [0.3, 0.4) is 0 Å². The molecule has 0 unspecified atom stereocenters. The third-order valence-corrected chi connectivity index (χ3v) is 4.49. The van der Waals surface area contributed by atoms with E-state index >= 15 is 0 Å². The second kappa shape index (κ2) is 8.58. The van der Waals surface area contributed by atoms with Crippen molar-refractivity contribution in [2.75, 3.05) is 20.3 Å². The van der Waals surface area contributed by atoms with Gasteiger partial charge in [-0.1, -0.05) is 18.2 Å². The minimum Gasteiger partial charge on any atom is -0.490 e. The van der Waals surface area contributed by atoms with Crippen molar-refractivity contribution < 1.29 is 24.2 Å². The number of hydrogen-bond donors (Lipinski definition) is 1. The predicted molar refractivity (Wildman–Crippen MR) is 100 cm³/mol. The van der Waals surface area contributed by atoms with Crippen molar-refractivity contribution in [3.05, 3.63) is 59.2 Å². The lowest BCUT2D eigenvalue weighted by atomic mass is 10.1. The van der Waals surface area contributed by atoms with Crippen LogP contribution in [0.25, 0.3) is 0 Å². The van der Waals surface area contributed by atoms with Crippen LogP contribution in [0.1, 0.15) is 34.3 Å². The minimum absolute atomic E-state index is 0.0319. The fourth-order valence-corrected chi connectivity index (χ4v) is 2.92. The average Bonchev–Trinajstić information content (AvgIpc) is 2.91. The summed E-state index contributed by atoms with van der Waals surface area (Å²) in [5, 5.41) is 8.93. The van der Waals surface area contributed by atoms with Crippen molar-refractivity contribution in [3.63, 3.8) is 0 Å². The second-order valence-corrected chi connectivity index (χ2v) is 6.58. The number of benzene rings is 2. The topological polar surface area (TPSA) is 76.1 Å². The monoisotopic (exact) mass is 369 g/mol. The Balaban J connectivity index is 1.54. The Bertz CT molecular complexity index is 816. The lowest BCUT2D eigenvalue weighted by Gasteiger charge is -2.17. The molecular formula is C21H23NO5. The van der Waals surface area contributed by atoms with E-state index in [1.807, 2.05) is 18.2 Å². The number of fused-ring (bicyclic) bond motifs is 1. The quantitative estimate of drug-likeness (QED) is 0.847. The Morgan fingerprint density at radius 3 is 2.37 bits per heavy atom. The van der Waals surface area contributed by atoms with E-state index in [9.17, 15) is 9.59 Å². The molecule has 0 aliphatic carbocycles. The minimum atomic E-state index is -0.957. The second-order valence-electron chi connectivity index (χ2n) is 6.58. The Labute approximate surface area is 158 Å². The maximum absolute atomic E-state index is 12.4. The van der Waals surface area contributed by atoms with E-state index in [1.54, 1.807) is 36.2 Å². The number of amides is 1. The number of rotatable bonds is 6. The molecule has 0 aromatic heterocycles. The highest BCUT2D eigenvalue weighted by atomic mass is 16.5. The highest BCUT2D eigenvalue weighted by Crippen LogP contribution is 2.30. The summed E-state index contributed by atoms with van der Waals surface area (Å²) in [5.41, 5.74) is 2.17. The Hall–Kier alpha value is -3.02. The first kappa shape index (κ1) is 18.8. The summed E-state index contributed by atoms with van der Waals surface area (Å²) in [6, 6.07) is 12.4. The van der Waals surface area contributed by atoms with Crippen LogP contribution in [0, 0.1) is 0 Å². The molecule has 6 heteroatoms. The molecule has 0 bridgehead atoms. The Kier molecular flexibility index (Phi) is 5.96. The SMILES string of the molecule is CN(Cc1ccc(C(=O)O)cc1)C(=O)CCc1ccc2c(c1)OCCCO2. The van der Waals surface area contributed by atoms with Crippen LogP contribution >= 0.6 is 0 Å². The van der Waals surface area contributed by atoms with Crippen LogP contribution < -0.4 is 9.47 Å². The summed E-state index contributed by atoms with van der Waals surface area (Å²) in [4.78, 5) is 25.0. The van der Waals surface area contributed by atoms with Crippen LogP contribution in [-0.2, 0) is 17.8 Å². The third kappa shape index (κ3) is 5.00. The molecule has 0 saturated heterocycles. The van der Waals surface area contributed by atoms with Gasteiger partial charge in [-0.3, -0.25) is 4.79 Å². The smallest absolute Gasteiger partial charge is 0.335 e. The lowest BCUT2D eigenvalue weighted by molar-refractivity contribution is -0.130. The molecule has 1 aliphatic heterocycles. The van der Waals surface area contributed by atoms with Gasteiger partial charge in [-0.15, -0.1) is 0 Å². The number of hydrogen-bond acceptors (Lipinski definition) is 4. The maximum atomic E-state index is 12.4. The van der Waals surface area contributed by atoms with Gasteiger partial charge in [-0.25, -0.2) is 4.79 Å². The molecule has 142 valence electrons. The molecule has 2 aromatic carbocycles. The molecule has 0 saturated carbocycles. The van der Waals surface area contributed by atoms with E-state index < -0.39 is 5.97 Å². The van der Waals surface area contributed by atoms with E-state index in [4.69, 9.17) is 14.6 Å². The molecule has 0 spiro atoms. The number of aryl methyl sites for hydroxylation is 1. The van der Waals surface area contributed by atoms with Gasteiger partial charge in [0.05, 0.1) is 18.8 Å². The third-order valence-electron chi connectivity index (χ3n) is 4.49. The van der Waals surface area contributed by atoms with E-state index in [2.05, 4.69) is 0 Å². The molecule has 1 aliphatic rings. The van der Waals surface area contributed by atoms with Gasteiger partial charge in [0.25, 0.3) is 0 Å². The summed E-state index contributed by atoms with van der Waals surface area (Å²) in [7, 11) is 1.75. The van der Waals surface area contributed by atoms with Crippen molar-refractivity contribution in [2.24, 2.45) is 0 Å². The maximum Gasteiger partial charge on any atom is 0.335 e. The van der Waals surface area contributed by atoms with Crippen LogP contribution in [0.2, 0.25) is 0 Å². The summed E-state index contributed by atoms with van der Waals surface area (Å²) in [5.74, 6) is 0.569. The molecule has 0 fully saturated rings. The van der Waals surface area contributed by atoms with Crippen molar-refractivity contribution >= 4 is 11.9 Å². The largest absolute Gasteiger partial charge is 0.490 e. The fraction of sp³-hybridized carbons (Fsp3) is 0.333. The molecule has 2 aromatic rings. The van der Waals surface area contributed by atoms with Crippen molar-refractivity contribution in [1.82, 2.24) is 4.90 Å². The number of aromatic carboxylic acids is 1. The zero-order valence-corrected chi connectivity index (χ0v) is 15.3. The standard InChI is InChI=1S/C21H23NO5/c1-22(14-16-3-7-17(8-4-16)21(24)25)20(23)10-6-15-5-9-18-19(13-15)27-12-2-11-26-18/h3-5,7-9,13H,2,6,10-12,14H2,1H3,(H,24,25). The number of nitrogens with zero attached hydrogens (tertiary/aromatic N) is 1. The normalized spacial score (nSPS) is 12.9. The van der Waals surface area contributed by atoms with Crippen molar-refractivity contribution in [2.45, 2.75) is 25.8 Å². The van der Waals surface area contributed by atoms with Gasteiger partial charge in [0.1, 0.15) is 0 Å². The Morgan fingerprint density at radius 2 is 1.67 bits per heavy atom. The summed E-state index contributed by atoms with van der Waals surface area (Å²) in [6.45, 7) is 1.74. The molecule has 1 heterocycles. The van der Waals surface area contributed by atoms with Crippen molar-refractivity contribution in [1.29, 1.82) is 0 Å². The molecular weight excluding hydrogens is 346 g/mol. The van der Waals surface area contributed by atoms with Gasteiger partial charge < -0.3 is 19.5 Å². The summed E-state index contributed by atoms with van der Waals surface area (Å²) in [6.07, 6.45) is 1.88. The van der Waals surface area contributed by atoms with Gasteiger partial charge >= 0.3 is 5.97 Å². The van der Waals surface area contributed by atoms with E-state index in [-0.39, 0.29) is 11.5 Å². The lowest BCUT2D eigenvalue weighted by Crippen LogP contribution is -2.26. The first-order valence-electron chi connectivity index (χ1n) is 8.97. The molecule has 0 radical (unpaired) electrons. The van der Waals surface area contributed by atoms with E-state index in [0.717, 1.165) is 29.0 Å². The number of carboxylic acids is 1. The molecule has 3 rings (SSSR count). The number of carbonyl (C=O) groups excluding carboxylic acids is 1.